The molecule has 146 valence electrons. The highest BCUT2D eigenvalue weighted by Crippen LogP contribution is 2.66. The van der Waals surface area contributed by atoms with Gasteiger partial charge in [-0.15, -0.1) is 0 Å². The molecular weight excluding hydrogens is 342 g/mol. The first-order valence-electron chi connectivity index (χ1n) is 10.5. The fourth-order valence-electron chi connectivity index (χ4n) is 7.35. The molecule has 2 bridgehead atoms. The standard InChI is InChI=1S/C22H29NO4/c1-23(12-13-3-4-13)10-9-21-18-14-5-6-15(24)19(18)27-20(21)16(26-2)7-8-22(21,25)17(23)11-14/h5-6,13,16-17,20,25H,3-4,7-12H2,1-2H3/p+1/t16-,17-,20+,21+,22-,23?/m1/s1. The molecule has 1 unspecified atom stereocenters. The van der Waals surface area contributed by atoms with Crippen LogP contribution in [0.3, 0.4) is 0 Å². The number of ether oxygens (including phenoxy) is 2. The van der Waals surface area contributed by atoms with Crippen LogP contribution in [-0.4, -0.2) is 65.8 Å². The van der Waals surface area contributed by atoms with E-state index in [-0.39, 0.29) is 24.0 Å². The molecule has 3 aliphatic carbocycles. The highest BCUT2D eigenvalue weighted by molar-refractivity contribution is 5.62. The zero-order chi connectivity index (χ0) is 18.6. The Morgan fingerprint density at radius 3 is 2.81 bits per heavy atom. The summed E-state index contributed by atoms with van der Waals surface area (Å²) in [6.45, 7) is 2.25. The van der Waals surface area contributed by atoms with Crippen molar-refractivity contribution in [2.45, 2.75) is 67.8 Å². The molecule has 6 rings (SSSR count). The molecule has 1 saturated heterocycles. The van der Waals surface area contributed by atoms with Gasteiger partial charge in [-0.2, -0.15) is 0 Å². The van der Waals surface area contributed by atoms with Crippen LogP contribution in [0.5, 0.6) is 11.5 Å². The van der Waals surface area contributed by atoms with Crippen molar-refractivity contribution in [3.05, 3.63) is 23.3 Å². The van der Waals surface area contributed by atoms with Crippen LogP contribution in [0.25, 0.3) is 0 Å². The third-order valence-electron chi connectivity index (χ3n) is 8.73. The van der Waals surface area contributed by atoms with E-state index in [9.17, 15) is 10.2 Å². The average Bonchev–Trinajstić information content (AvgIpc) is 3.37. The minimum absolute atomic E-state index is 0.0380. The smallest absolute Gasteiger partial charge is 0.165 e. The Morgan fingerprint density at radius 1 is 1.26 bits per heavy atom. The maximum Gasteiger partial charge on any atom is 0.165 e. The molecule has 5 heteroatoms. The number of nitrogens with zero attached hydrogens (tertiary/aromatic N) is 1. The molecule has 5 nitrogen and oxygen atoms in total. The fraction of sp³-hybridized carbons (Fsp3) is 0.727. The SMILES string of the molecule is CO[C@@H]1CC[C@@]2(O)[C@H]3Cc4ccc(O)c5c4[C@@]2(CC[N+]3(C)CC2CC2)[C@H]1O5. The van der Waals surface area contributed by atoms with E-state index in [1.165, 1.54) is 24.9 Å². The van der Waals surface area contributed by atoms with Crippen molar-refractivity contribution in [3.63, 3.8) is 0 Å². The molecular formula is C22H30NO4+. The lowest BCUT2D eigenvalue weighted by molar-refractivity contribution is -0.950. The molecule has 0 aromatic heterocycles. The molecule has 5 aliphatic rings. The number of methoxy groups -OCH3 is 1. The van der Waals surface area contributed by atoms with Gasteiger partial charge in [0.1, 0.15) is 17.7 Å². The van der Waals surface area contributed by atoms with E-state index < -0.39 is 11.0 Å². The zero-order valence-electron chi connectivity index (χ0n) is 16.3. The molecule has 1 spiro atoms. The van der Waals surface area contributed by atoms with E-state index in [0.717, 1.165) is 48.2 Å². The third-order valence-corrected chi connectivity index (χ3v) is 8.73. The first kappa shape index (κ1) is 16.6. The number of rotatable bonds is 3. The number of phenolic OH excluding ortho intramolecular Hbond substituents is 1. The van der Waals surface area contributed by atoms with Crippen molar-refractivity contribution in [1.82, 2.24) is 0 Å². The summed E-state index contributed by atoms with van der Waals surface area (Å²) in [4.78, 5) is 0. The first-order valence-corrected chi connectivity index (χ1v) is 10.5. The van der Waals surface area contributed by atoms with E-state index in [1.807, 2.05) is 0 Å². The monoisotopic (exact) mass is 372 g/mol. The topological polar surface area (TPSA) is 58.9 Å². The van der Waals surface area contributed by atoms with E-state index in [0.29, 0.717) is 5.75 Å². The van der Waals surface area contributed by atoms with Crippen molar-refractivity contribution in [2.24, 2.45) is 5.92 Å². The third kappa shape index (κ3) is 1.82. The average molecular weight is 372 g/mol. The molecule has 1 aromatic rings. The number of aliphatic hydroxyl groups is 1. The Labute approximate surface area is 160 Å². The minimum atomic E-state index is -0.791. The van der Waals surface area contributed by atoms with Crippen LogP contribution >= 0.6 is 0 Å². The molecule has 0 amide bonds. The predicted octanol–water partition coefficient (Wildman–Crippen LogP) is 2.12. The Morgan fingerprint density at radius 2 is 2.07 bits per heavy atom. The molecule has 0 radical (unpaired) electrons. The second-order valence-electron chi connectivity index (χ2n) is 9.99. The van der Waals surface area contributed by atoms with Crippen LogP contribution in [0.15, 0.2) is 12.1 Å². The van der Waals surface area contributed by atoms with Gasteiger partial charge in [0, 0.05) is 31.4 Å². The Hall–Kier alpha value is -1.30. The number of hydrogen-bond donors (Lipinski definition) is 2. The van der Waals surface area contributed by atoms with Gasteiger partial charge in [0.25, 0.3) is 0 Å². The van der Waals surface area contributed by atoms with Gasteiger partial charge in [-0.1, -0.05) is 6.07 Å². The van der Waals surface area contributed by atoms with Crippen LogP contribution in [0, 0.1) is 5.92 Å². The van der Waals surface area contributed by atoms with Gasteiger partial charge in [-0.3, -0.25) is 0 Å². The summed E-state index contributed by atoms with van der Waals surface area (Å²) in [6.07, 6.45) is 5.78. The summed E-state index contributed by atoms with van der Waals surface area (Å²) < 4.78 is 13.2. The quantitative estimate of drug-likeness (QED) is 0.798. The number of likely N-dealkylation sites (N-methyl/N-ethyl adjacent to an activating group) is 1. The lowest BCUT2D eigenvalue weighted by Gasteiger charge is -2.65. The lowest BCUT2D eigenvalue weighted by atomic mass is 9.48. The zero-order valence-corrected chi connectivity index (χ0v) is 16.3. The highest BCUT2D eigenvalue weighted by atomic mass is 16.5. The van der Waals surface area contributed by atoms with Crippen LogP contribution in [-0.2, 0) is 16.6 Å². The minimum Gasteiger partial charge on any atom is -0.504 e. The van der Waals surface area contributed by atoms with Crippen molar-refractivity contribution in [1.29, 1.82) is 0 Å². The Kier molecular flexibility index (Phi) is 3.08. The molecule has 6 atom stereocenters. The van der Waals surface area contributed by atoms with Crippen molar-refractivity contribution in [2.75, 3.05) is 27.2 Å². The van der Waals surface area contributed by atoms with E-state index in [4.69, 9.17) is 9.47 Å². The van der Waals surface area contributed by atoms with Crippen LogP contribution in [0.1, 0.15) is 43.2 Å². The van der Waals surface area contributed by atoms with Gasteiger partial charge < -0.3 is 24.2 Å². The van der Waals surface area contributed by atoms with E-state index in [1.54, 1.807) is 13.2 Å². The molecule has 3 fully saturated rings. The summed E-state index contributed by atoms with van der Waals surface area (Å²) in [6, 6.07) is 4.03. The van der Waals surface area contributed by atoms with Gasteiger partial charge in [0.15, 0.2) is 11.5 Å². The van der Waals surface area contributed by atoms with Gasteiger partial charge in [-0.05, 0) is 37.3 Å². The molecule has 2 N–H and O–H groups in total. The van der Waals surface area contributed by atoms with E-state index >= 15 is 0 Å². The first-order chi connectivity index (χ1) is 12.9. The maximum absolute atomic E-state index is 12.4. The molecule has 27 heavy (non-hydrogen) atoms. The van der Waals surface area contributed by atoms with Crippen LogP contribution in [0.4, 0.5) is 0 Å². The van der Waals surface area contributed by atoms with Gasteiger partial charge in [0.05, 0.1) is 31.7 Å². The number of phenols is 1. The van der Waals surface area contributed by atoms with Crippen molar-refractivity contribution in [3.8, 4) is 11.5 Å². The summed E-state index contributed by atoms with van der Waals surface area (Å²) in [7, 11) is 4.11. The molecule has 1 aromatic carbocycles. The largest absolute Gasteiger partial charge is 0.504 e. The second kappa shape index (κ2) is 5.00. The van der Waals surface area contributed by atoms with Crippen molar-refractivity contribution >= 4 is 0 Å². The number of likely N-dealkylation sites (tertiary alicyclic amines) is 1. The fourth-order valence-corrected chi connectivity index (χ4v) is 7.35. The van der Waals surface area contributed by atoms with Crippen LogP contribution < -0.4 is 4.74 Å². The predicted molar refractivity (Wildman–Crippen MR) is 99.9 cm³/mol. The maximum atomic E-state index is 12.4. The van der Waals surface area contributed by atoms with Gasteiger partial charge in [0.2, 0.25) is 0 Å². The van der Waals surface area contributed by atoms with Gasteiger partial charge in [-0.25, -0.2) is 0 Å². The number of hydrogen-bond acceptors (Lipinski definition) is 4. The summed E-state index contributed by atoms with van der Waals surface area (Å²) in [5.74, 6) is 1.64. The number of quaternary nitrogens is 1. The Bertz CT molecular complexity index is 823. The molecule has 2 aliphatic heterocycles. The highest BCUT2D eigenvalue weighted by Gasteiger charge is 2.76. The van der Waals surface area contributed by atoms with Crippen molar-refractivity contribution < 1.29 is 24.2 Å². The molecule has 2 heterocycles. The molecule has 2 saturated carbocycles. The normalized spacial score (nSPS) is 46.7. The summed E-state index contributed by atoms with van der Waals surface area (Å²) >= 11 is 0. The number of piperidine rings is 1. The number of benzene rings is 1. The summed E-state index contributed by atoms with van der Waals surface area (Å²) in [5.41, 5.74) is 1.11. The Balaban J connectivity index is 1.58. The number of aromatic hydroxyl groups is 1. The summed E-state index contributed by atoms with van der Waals surface area (Å²) in [5, 5.41) is 22.9. The van der Waals surface area contributed by atoms with Crippen LogP contribution in [0.2, 0.25) is 0 Å². The van der Waals surface area contributed by atoms with Gasteiger partial charge >= 0.3 is 0 Å². The van der Waals surface area contributed by atoms with E-state index in [2.05, 4.69) is 13.1 Å². The second-order valence-corrected chi connectivity index (χ2v) is 9.99. The lowest BCUT2D eigenvalue weighted by Crippen LogP contribution is -2.81.